The van der Waals surface area contributed by atoms with Gasteiger partial charge in [-0.15, -0.1) is 0 Å². The van der Waals surface area contributed by atoms with Gasteiger partial charge in [0.05, 0.1) is 17.7 Å². The van der Waals surface area contributed by atoms with Crippen molar-refractivity contribution in [2.24, 2.45) is 4.99 Å². The zero-order chi connectivity index (χ0) is 17.4. The van der Waals surface area contributed by atoms with Crippen LogP contribution in [0.2, 0.25) is 0 Å². The van der Waals surface area contributed by atoms with E-state index in [1.54, 1.807) is 0 Å². The van der Waals surface area contributed by atoms with Gasteiger partial charge in [-0.25, -0.2) is 0 Å². The van der Waals surface area contributed by atoms with Crippen molar-refractivity contribution in [3.63, 3.8) is 0 Å². The molecule has 0 spiro atoms. The maximum absolute atomic E-state index is 6.21. The van der Waals surface area contributed by atoms with Crippen molar-refractivity contribution in [2.75, 3.05) is 0 Å². The molecule has 0 saturated carbocycles. The highest BCUT2D eigenvalue weighted by atomic mass is 16.7. The lowest BCUT2D eigenvalue weighted by atomic mass is 9.77. The van der Waals surface area contributed by atoms with Crippen LogP contribution in [0.4, 0.5) is 0 Å². The first kappa shape index (κ1) is 16.9. The first-order valence-electron chi connectivity index (χ1n) is 8.30. The Bertz CT molecular complexity index is 725. The Balaban J connectivity index is 2.02. The number of hydrogen-bond acceptors (Lipinski definition) is 3. The quantitative estimate of drug-likeness (QED) is 0.632. The van der Waals surface area contributed by atoms with Crippen LogP contribution in [0, 0.1) is 0 Å². The molecule has 3 rings (SSSR count). The third-order valence-electron chi connectivity index (χ3n) is 4.94. The van der Waals surface area contributed by atoms with Crippen LogP contribution in [-0.2, 0) is 15.9 Å². The second-order valence-corrected chi connectivity index (χ2v) is 7.30. The van der Waals surface area contributed by atoms with Crippen LogP contribution < -0.4 is 5.46 Å². The van der Waals surface area contributed by atoms with Gasteiger partial charge in [0, 0.05) is 0 Å². The summed E-state index contributed by atoms with van der Waals surface area (Å²) in [5.41, 5.74) is 3.74. The number of hydrogen-bond donors (Lipinski definition) is 0. The van der Waals surface area contributed by atoms with E-state index in [1.165, 1.54) is 5.56 Å². The van der Waals surface area contributed by atoms with Crippen molar-refractivity contribution >= 4 is 19.3 Å². The minimum atomic E-state index is -0.373. The normalized spacial score (nSPS) is 18.6. The van der Waals surface area contributed by atoms with Crippen molar-refractivity contribution in [2.45, 2.75) is 45.4 Å². The third-order valence-corrected chi connectivity index (χ3v) is 4.94. The molecule has 0 atom stereocenters. The Morgan fingerprint density at radius 1 is 0.917 bits per heavy atom. The predicted molar refractivity (Wildman–Crippen MR) is 101 cm³/mol. The van der Waals surface area contributed by atoms with Crippen molar-refractivity contribution in [3.05, 3.63) is 54.1 Å². The molecule has 2 aromatic rings. The van der Waals surface area contributed by atoms with E-state index < -0.39 is 0 Å². The van der Waals surface area contributed by atoms with Gasteiger partial charge in [-0.2, -0.15) is 0 Å². The molecule has 4 heteroatoms. The molecule has 24 heavy (non-hydrogen) atoms. The summed E-state index contributed by atoms with van der Waals surface area (Å²) in [5, 5.41) is 0. The molecule has 1 saturated heterocycles. The zero-order valence-electron chi connectivity index (χ0n) is 14.9. The second kappa shape index (κ2) is 6.19. The SMILES string of the molecule is C=NCc1cc(B2OC(C)(C)C(C)(C)O2)cc(-c2ccccc2)c1. The Kier molecular flexibility index (Phi) is 4.37. The Hall–Kier alpha value is -1.91. The van der Waals surface area contributed by atoms with E-state index in [0.29, 0.717) is 6.54 Å². The van der Waals surface area contributed by atoms with Crippen LogP contribution in [0.1, 0.15) is 33.3 Å². The van der Waals surface area contributed by atoms with Gasteiger partial charge in [-0.05, 0) is 62.6 Å². The Labute approximate surface area is 144 Å². The van der Waals surface area contributed by atoms with E-state index in [-0.39, 0.29) is 18.3 Å². The van der Waals surface area contributed by atoms with Gasteiger partial charge in [-0.1, -0.05) is 42.5 Å². The van der Waals surface area contributed by atoms with Crippen molar-refractivity contribution in [1.29, 1.82) is 0 Å². The fourth-order valence-corrected chi connectivity index (χ4v) is 2.85. The Morgan fingerprint density at radius 2 is 1.54 bits per heavy atom. The van der Waals surface area contributed by atoms with Crippen LogP contribution in [0.3, 0.4) is 0 Å². The number of rotatable bonds is 4. The number of benzene rings is 2. The summed E-state index contributed by atoms with van der Waals surface area (Å²) in [7, 11) is -0.373. The van der Waals surface area contributed by atoms with E-state index in [1.807, 2.05) is 18.2 Å². The van der Waals surface area contributed by atoms with E-state index in [2.05, 4.69) is 69.7 Å². The van der Waals surface area contributed by atoms with E-state index in [4.69, 9.17) is 9.31 Å². The fraction of sp³-hybridized carbons (Fsp3) is 0.350. The summed E-state index contributed by atoms with van der Waals surface area (Å²) in [5.74, 6) is 0. The van der Waals surface area contributed by atoms with Gasteiger partial charge in [0.25, 0.3) is 0 Å². The minimum Gasteiger partial charge on any atom is -0.399 e. The van der Waals surface area contributed by atoms with Gasteiger partial charge in [-0.3, -0.25) is 4.99 Å². The standard InChI is InChI=1S/C20H24BNO2/c1-19(2)20(3,4)24-21(23-19)18-12-15(14-22-5)11-17(13-18)16-9-7-6-8-10-16/h6-13H,5,14H2,1-4H3. The third kappa shape index (κ3) is 3.17. The second-order valence-electron chi connectivity index (χ2n) is 7.30. The summed E-state index contributed by atoms with van der Waals surface area (Å²) < 4.78 is 12.4. The average Bonchev–Trinajstić information content (AvgIpc) is 2.76. The average molecular weight is 321 g/mol. The number of nitrogens with zero attached hydrogens (tertiary/aromatic N) is 1. The van der Waals surface area contributed by atoms with Gasteiger partial charge in [0.2, 0.25) is 0 Å². The lowest BCUT2D eigenvalue weighted by Gasteiger charge is -2.32. The lowest BCUT2D eigenvalue weighted by molar-refractivity contribution is 0.00578. The van der Waals surface area contributed by atoms with Crippen molar-refractivity contribution in [1.82, 2.24) is 0 Å². The summed E-state index contributed by atoms with van der Waals surface area (Å²) in [6, 6.07) is 16.7. The molecule has 0 bridgehead atoms. The molecule has 124 valence electrons. The highest BCUT2D eigenvalue weighted by Crippen LogP contribution is 2.36. The van der Waals surface area contributed by atoms with Gasteiger partial charge in [0.1, 0.15) is 0 Å². The predicted octanol–water partition coefficient (Wildman–Crippen LogP) is 3.85. The van der Waals surface area contributed by atoms with Crippen LogP contribution >= 0.6 is 0 Å². The van der Waals surface area contributed by atoms with E-state index in [0.717, 1.165) is 16.6 Å². The molecule has 0 aromatic heterocycles. The molecular weight excluding hydrogens is 297 g/mol. The molecule has 2 aromatic carbocycles. The topological polar surface area (TPSA) is 30.8 Å². The van der Waals surface area contributed by atoms with Gasteiger partial charge < -0.3 is 9.31 Å². The maximum atomic E-state index is 6.21. The molecule has 1 aliphatic rings. The van der Waals surface area contributed by atoms with Gasteiger partial charge >= 0.3 is 7.12 Å². The first-order valence-corrected chi connectivity index (χ1v) is 8.30. The molecule has 0 amide bonds. The van der Waals surface area contributed by atoms with Gasteiger partial charge in [0.15, 0.2) is 0 Å². The molecular formula is C20H24BNO2. The van der Waals surface area contributed by atoms with Crippen LogP contribution in [0.5, 0.6) is 0 Å². The van der Waals surface area contributed by atoms with Crippen molar-refractivity contribution in [3.8, 4) is 11.1 Å². The molecule has 3 nitrogen and oxygen atoms in total. The summed E-state index contributed by atoms with van der Waals surface area (Å²) in [4.78, 5) is 4.03. The highest BCUT2D eigenvalue weighted by Gasteiger charge is 2.51. The largest absolute Gasteiger partial charge is 0.494 e. The monoisotopic (exact) mass is 321 g/mol. The fourth-order valence-electron chi connectivity index (χ4n) is 2.85. The molecule has 1 heterocycles. The molecule has 1 aliphatic heterocycles. The van der Waals surface area contributed by atoms with Crippen LogP contribution in [0.15, 0.2) is 53.5 Å². The van der Waals surface area contributed by atoms with Crippen molar-refractivity contribution < 1.29 is 9.31 Å². The van der Waals surface area contributed by atoms with Crippen LogP contribution in [-0.4, -0.2) is 25.0 Å². The maximum Gasteiger partial charge on any atom is 0.494 e. The minimum absolute atomic E-state index is 0.350. The lowest BCUT2D eigenvalue weighted by Crippen LogP contribution is -2.41. The molecule has 0 aliphatic carbocycles. The summed E-state index contributed by atoms with van der Waals surface area (Å²) in [6.45, 7) is 12.5. The molecule has 0 unspecified atom stereocenters. The van der Waals surface area contributed by atoms with E-state index >= 15 is 0 Å². The zero-order valence-corrected chi connectivity index (χ0v) is 14.9. The van der Waals surface area contributed by atoms with Crippen LogP contribution in [0.25, 0.3) is 11.1 Å². The van der Waals surface area contributed by atoms with E-state index in [9.17, 15) is 0 Å². The summed E-state index contributed by atoms with van der Waals surface area (Å²) in [6.07, 6.45) is 0. The smallest absolute Gasteiger partial charge is 0.399 e. The highest BCUT2D eigenvalue weighted by molar-refractivity contribution is 6.62. The molecule has 0 N–H and O–H groups in total. The Morgan fingerprint density at radius 3 is 2.12 bits per heavy atom. The molecule has 1 fully saturated rings. The first-order chi connectivity index (χ1) is 11.3. The molecule has 0 radical (unpaired) electrons. The summed E-state index contributed by atoms with van der Waals surface area (Å²) >= 11 is 0. The number of aliphatic imine (C=N–C) groups is 1.